The molecule has 0 aromatic heterocycles. The number of hydrogen-bond donors (Lipinski definition) is 2. The van der Waals surface area contributed by atoms with Crippen LogP contribution in [0, 0.1) is 0 Å². The van der Waals surface area contributed by atoms with Gasteiger partial charge in [-0.3, -0.25) is 4.79 Å². The van der Waals surface area contributed by atoms with E-state index in [1.165, 1.54) is 12.0 Å². The van der Waals surface area contributed by atoms with Crippen LogP contribution in [0.4, 0.5) is 0 Å². The Morgan fingerprint density at radius 2 is 2.00 bits per heavy atom. The van der Waals surface area contributed by atoms with Gasteiger partial charge < -0.3 is 10.6 Å². The van der Waals surface area contributed by atoms with Crippen molar-refractivity contribution in [2.24, 2.45) is 0 Å². The van der Waals surface area contributed by atoms with E-state index in [0.29, 0.717) is 12.5 Å². The highest BCUT2D eigenvalue weighted by atomic mass is 35.5. The van der Waals surface area contributed by atoms with E-state index in [9.17, 15) is 4.79 Å². The highest BCUT2D eigenvalue weighted by Crippen LogP contribution is 2.14. The monoisotopic (exact) mass is 296 g/mol. The first-order chi connectivity index (χ1) is 9.16. The van der Waals surface area contributed by atoms with Gasteiger partial charge in [-0.2, -0.15) is 0 Å². The van der Waals surface area contributed by atoms with Crippen LogP contribution < -0.4 is 10.6 Å². The van der Waals surface area contributed by atoms with Crippen molar-refractivity contribution in [3.05, 3.63) is 35.4 Å². The average Bonchev–Trinajstić information content (AvgIpc) is 2.46. The molecule has 1 aromatic rings. The van der Waals surface area contributed by atoms with Crippen molar-refractivity contribution in [2.75, 3.05) is 6.54 Å². The second-order valence-corrected chi connectivity index (χ2v) is 5.62. The highest BCUT2D eigenvalue weighted by Gasteiger charge is 2.19. The standard InChI is InChI=1S/C16H24N2O.ClH/c1-12(2)14-8-6-13(7-9-14)11-18-16(19)15-5-3-4-10-17-15;/h6-9,12,15,17H,3-5,10-11H2,1-2H3,(H,18,19);1H/t15-;/m1./s1. The molecule has 3 nitrogen and oxygen atoms in total. The lowest BCUT2D eigenvalue weighted by Crippen LogP contribution is -2.46. The summed E-state index contributed by atoms with van der Waals surface area (Å²) in [6, 6.07) is 8.49. The molecule has 1 atom stereocenters. The Morgan fingerprint density at radius 3 is 2.55 bits per heavy atom. The van der Waals surface area contributed by atoms with Gasteiger partial charge in [0.15, 0.2) is 0 Å². The van der Waals surface area contributed by atoms with E-state index < -0.39 is 0 Å². The van der Waals surface area contributed by atoms with Crippen LogP contribution in [0.2, 0.25) is 0 Å². The molecule has 1 fully saturated rings. The Balaban J connectivity index is 0.00000200. The van der Waals surface area contributed by atoms with E-state index in [1.54, 1.807) is 0 Å². The zero-order chi connectivity index (χ0) is 13.7. The molecule has 2 N–H and O–H groups in total. The van der Waals surface area contributed by atoms with Crippen LogP contribution in [0.3, 0.4) is 0 Å². The van der Waals surface area contributed by atoms with E-state index in [4.69, 9.17) is 0 Å². The molecule has 0 spiro atoms. The Bertz CT molecular complexity index is 411. The van der Waals surface area contributed by atoms with Gasteiger partial charge in [-0.15, -0.1) is 12.4 Å². The predicted octanol–water partition coefficient (Wildman–Crippen LogP) is 2.99. The summed E-state index contributed by atoms with van der Waals surface area (Å²) in [4.78, 5) is 12.0. The van der Waals surface area contributed by atoms with Gasteiger partial charge in [0.25, 0.3) is 0 Å². The summed E-state index contributed by atoms with van der Waals surface area (Å²) in [7, 11) is 0. The normalized spacial score (nSPS) is 18.4. The molecule has 0 bridgehead atoms. The van der Waals surface area contributed by atoms with Gasteiger partial charge >= 0.3 is 0 Å². The molecule has 1 heterocycles. The summed E-state index contributed by atoms with van der Waals surface area (Å²) >= 11 is 0. The number of rotatable bonds is 4. The van der Waals surface area contributed by atoms with E-state index in [2.05, 4.69) is 48.7 Å². The minimum atomic E-state index is 0. The van der Waals surface area contributed by atoms with E-state index >= 15 is 0 Å². The zero-order valence-electron chi connectivity index (χ0n) is 12.3. The summed E-state index contributed by atoms with van der Waals surface area (Å²) in [6.45, 7) is 5.95. The molecular weight excluding hydrogens is 272 g/mol. The van der Waals surface area contributed by atoms with Crippen LogP contribution in [0.25, 0.3) is 0 Å². The van der Waals surface area contributed by atoms with Gasteiger partial charge in [-0.1, -0.05) is 44.5 Å². The van der Waals surface area contributed by atoms with Crippen LogP contribution in [-0.4, -0.2) is 18.5 Å². The summed E-state index contributed by atoms with van der Waals surface area (Å²) in [6.07, 6.45) is 3.28. The van der Waals surface area contributed by atoms with Gasteiger partial charge in [0, 0.05) is 6.54 Å². The molecule has 0 radical (unpaired) electrons. The van der Waals surface area contributed by atoms with Crippen molar-refractivity contribution in [1.29, 1.82) is 0 Å². The van der Waals surface area contributed by atoms with Gasteiger partial charge in [0.1, 0.15) is 0 Å². The molecule has 20 heavy (non-hydrogen) atoms. The fourth-order valence-electron chi connectivity index (χ4n) is 2.41. The minimum Gasteiger partial charge on any atom is -0.351 e. The molecule has 1 amide bonds. The van der Waals surface area contributed by atoms with Crippen LogP contribution in [0.15, 0.2) is 24.3 Å². The van der Waals surface area contributed by atoms with Gasteiger partial charge in [-0.25, -0.2) is 0 Å². The quantitative estimate of drug-likeness (QED) is 0.897. The second kappa shape index (κ2) is 8.28. The molecule has 0 aliphatic carbocycles. The number of benzene rings is 1. The zero-order valence-corrected chi connectivity index (χ0v) is 13.1. The Hall–Kier alpha value is -1.06. The highest BCUT2D eigenvalue weighted by molar-refractivity contribution is 5.85. The van der Waals surface area contributed by atoms with Crippen molar-refractivity contribution in [3.8, 4) is 0 Å². The number of piperidine rings is 1. The fourth-order valence-corrected chi connectivity index (χ4v) is 2.41. The van der Waals surface area contributed by atoms with Crippen molar-refractivity contribution in [2.45, 2.75) is 51.6 Å². The Kier molecular flexibility index (Phi) is 7.03. The molecule has 1 aliphatic rings. The molecule has 0 unspecified atom stereocenters. The lowest BCUT2D eigenvalue weighted by Gasteiger charge is -2.22. The van der Waals surface area contributed by atoms with Crippen molar-refractivity contribution in [3.63, 3.8) is 0 Å². The minimum absolute atomic E-state index is 0. The molecule has 2 rings (SSSR count). The molecule has 112 valence electrons. The maximum Gasteiger partial charge on any atom is 0.237 e. The van der Waals surface area contributed by atoms with Crippen molar-refractivity contribution >= 4 is 18.3 Å². The lowest BCUT2D eigenvalue weighted by molar-refractivity contribution is -0.123. The van der Waals surface area contributed by atoms with Crippen molar-refractivity contribution < 1.29 is 4.79 Å². The van der Waals surface area contributed by atoms with Gasteiger partial charge in [0.2, 0.25) is 5.91 Å². The van der Waals surface area contributed by atoms with E-state index in [1.807, 2.05) is 0 Å². The van der Waals surface area contributed by atoms with E-state index in [-0.39, 0.29) is 24.4 Å². The van der Waals surface area contributed by atoms with Crippen LogP contribution in [0.5, 0.6) is 0 Å². The molecule has 1 aliphatic heterocycles. The van der Waals surface area contributed by atoms with Crippen LogP contribution in [0.1, 0.15) is 50.2 Å². The Morgan fingerprint density at radius 1 is 1.30 bits per heavy atom. The molecule has 1 saturated heterocycles. The number of nitrogens with one attached hydrogen (secondary N) is 2. The summed E-state index contributed by atoms with van der Waals surface area (Å²) in [5, 5.41) is 6.28. The average molecular weight is 297 g/mol. The number of carbonyl (C=O) groups is 1. The maximum absolute atomic E-state index is 12.0. The number of carbonyl (C=O) groups excluding carboxylic acids is 1. The molecule has 0 saturated carbocycles. The van der Waals surface area contributed by atoms with Crippen LogP contribution in [-0.2, 0) is 11.3 Å². The van der Waals surface area contributed by atoms with E-state index in [0.717, 1.165) is 24.9 Å². The Labute approximate surface area is 127 Å². The van der Waals surface area contributed by atoms with Gasteiger partial charge in [-0.05, 0) is 36.4 Å². The van der Waals surface area contributed by atoms with Crippen LogP contribution >= 0.6 is 12.4 Å². The summed E-state index contributed by atoms with van der Waals surface area (Å²) in [5.41, 5.74) is 2.50. The fraction of sp³-hybridized carbons (Fsp3) is 0.562. The largest absolute Gasteiger partial charge is 0.351 e. The molecule has 1 aromatic carbocycles. The predicted molar refractivity (Wildman–Crippen MR) is 85.3 cm³/mol. The third-order valence-electron chi connectivity index (χ3n) is 3.74. The number of amides is 1. The maximum atomic E-state index is 12.0. The smallest absolute Gasteiger partial charge is 0.237 e. The summed E-state index contributed by atoms with van der Waals surface area (Å²) in [5.74, 6) is 0.683. The number of hydrogen-bond acceptors (Lipinski definition) is 2. The first kappa shape index (κ1) is 17.0. The third-order valence-corrected chi connectivity index (χ3v) is 3.74. The topological polar surface area (TPSA) is 41.1 Å². The van der Waals surface area contributed by atoms with Crippen molar-refractivity contribution in [1.82, 2.24) is 10.6 Å². The molecule has 4 heteroatoms. The summed E-state index contributed by atoms with van der Waals surface area (Å²) < 4.78 is 0. The first-order valence-corrected chi connectivity index (χ1v) is 7.27. The first-order valence-electron chi connectivity index (χ1n) is 7.27. The molecular formula is C16H25ClN2O. The number of halogens is 1. The SMILES string of the molecule is CC(C)c1ccc(CNC(=O)[C@H]2CCCCN2)cc1.Cl. The third kappa shape index (κ3) is 4.80. The lowest BCUT2D eigenvalue weighted by atomic mass is 10.0. The second-order valence-electron chi connectivity index (χ2n) is 5.62. The van der Waals surface area contributed by atoms with Gasteiger partial charge in [0.05, 0.1) is 6.04 Å².